The minimum atomic E-state index is -1.02. The smallest absolute Gasteiger partial charge is 0.289 e. The van der Waals surface area contributed by atoms with Gasteiger partial charge in [0.2, 0.25) is 23.5 Å². The number of carbonyl (C=O) groups is 7. The van der Waals surface area contributed by atoms with Crippen LogP contribution in [-0.2, 0) is 24.0 Å². The van der Waals surface area contributed by atoms with Crippen molar-refractivity contribution >= 4 is 41.1 Å². The van der Waals surface area contributed by atoms with Crippen LogP contribution in [0.5, 0.6) is 0 Å². The van der Waals surface area contributed by atoms with E-state index in [-0.39, 0.29) is 41.3 Å². The summed E-state index contributed by atoms with van der Waals surface area (Å²) in [5.74, 6) is -3.33. The third kappa shape index (κ3) is 9.75. The topological polar surface area (TPSA) is 187 Å². The van der Waals surface area contributed by atoms with Gasteiger partial charge in [0.25, 0.3) is 11.8 Å². The Morgan fingerprint density at radius 2 is 1.55 bits per heavy atom. The summed E-state index contributed by atoms with van der Waals surface area (Å²) in [7, 11) is 0. The number of rotatable bonds is 15. The molecule has 13 nitrogen and oxygen atoms in total. The third-order valence-corrected chi connectivity index (χ3v) is 11.7. The third-order valence-electron chi connectivity index (χ3n) is 11.7. The van der Waals surface area contributed by atoms with Crippen molar-refractivity contribution in [2.75, 3.05) is 0 Å². The Labute approximate surface area is 313 Å². The Balaban J connectivity index is 1.38. The Kier molecular flexibility index (Phi) is 13.2. The van der Waals surface area contributed by atoms with Gasteiger partial charge in [0.1, 0.15) is 23.8 Å². The minimum Gasteiger partial charge on any atom is -0.356 e. The molecular weight excluding hydrogens is 676 g/mol. The standard InChI is InChI=1S/C40H60N6O7/c1-6-13-27(33(48)38(52)42-26-18-19-26)43-36(50)30-21-24-16-11-12-17-29(24)46(30)39(53)34(40(3,4)5)45-37(51)32(23-14-9-8-10-15-23)44-35(49)28-20-25(22-41-28)31(47)7-2/h20,22-24,26-27,29-30,32,34,41H,6-19,21H2,1-5H3,(H,42,52)(H,43,50)(H,44,49)(H,45,51)/t24-,27-,29-,30-,32?,34+/m0/s1. The van der Waals surface area contributed by atoms with Crippen molar-refractivity contribution in [2.45, 2.75) is 167 Å². The zero-order valence-electron chi connectivity index (χ0n) is 32.2. The summed E-state index contributed by atoms with van der Waals surface area (Å²) < 4.78 is 0. The maximum absolute atomic E-state index is 14.9. The minimum absolute atomic E-state index is 0.00358. The fourth-order valence-corrected chi connectivity index (χ4v) is 8.48. The highest BCUT2D eigenvalue weighted by Gasteiger charge is 2.51. The maximum atomic E-state index is 14.9. The lowest BCUT2D eigenvalue weighted by Gasteiger charge is -2.40. The average molecular weight is 737 g/mol. The van der Waals surface area contributed by atoms with Crippen molar-refractivity contribution in [2.24, 2.45) is 17.3 Å². The van der Waals surface area contributed by atoms with Gasteiger partial charge in [-0.3, -0.25) is 33.6 Å². The molecule has 3 aliphatic carbocycles. The van der Waals surface area contributed by atoms with E-state index >= 15 is 0 Å². The molecule has 0 bridgehead atoms. The fourth-order valence-electron chi connectivity index (χ4n) is 8.48. The van der Waals surface area contributed by atoms with Crippen LogP contribution in [0.3, 0.4) is 0 Å². The second kappa shape index (κ2) is 17.4. The van der Waals surface area contributed by atoms with Crippen LogP contribution in [0.15, 0.2) is 12.3 Å². The van der Waals surface area contributed by atoms with E-state index in [4.69, 9.17) is 0 Å². The van der Waals surface area contributed by atoms with Crippen LogP contribution in [0, 0.1) is 17.3 Å². The van der Waals surface area contributed by atoms with Gasteiger partial charge < -0.3 is 31.2 Å². The number of likely N-dealkylation sites (tertiary alicyclic amines) is 1. The van der Waals surface area contributed by atoms with Crippen LogP contribution in [0.4, 0.5) is 0 Å². The first-order valence-electron chi connectivity index (χ1n) is 20.0. The second-order valence-corrected chi connectivity index (χ2v) is 16.8. The molecule has 1 aromatic rings. The van der Waals surface area contributed by atoms with E-state index in [0.717, 1.165) is 70.6 Å². The summed E-state index contributed by atoms with van der Waals surface area (Å²) in [5.41, 5.74) is -0.192. The quantitative estimate of drug-likeness (QED) is 0.132. The van der Waals surface area contributed by atoms with E-state index in [2.05, 4.69) is 26.3 Å². The van der Waals surface area contributed by atoms with E-state index in [0.29, 0.717) is 31.2 Å². The SMILES string of the molecule is CCC[C@H](NC(=O)[C@@H]1C[C@@H]2CCCC[C@@H]2N1C(=O)[C@@H](NC(=O)C(NC(=O)c1cc(C(=O)CC)c[nH]1)C1CCCCC1)C(C)(C)C)C(=O)C(=O)NC1CC1. The van der Waals surface area contributed by atoms with Gasteiger partial charge in [-0.05, 0) is 74.7 Å². The number of H-pyrrole nitrogens is 1. The number of amides is 5. The number of aromatic nitrogens is 1. The van der Waals surface area contributed by atoms with Crippen molar-refractivity contribution in [1.82, 2.24) is 31.2 Å². The molecule has 0 aromatic carbocycles. The Bertz CT molecular complexity index is 1540. The van der Waals surface area contributed by atoms with Gasteiger partial charge in [-0.1, -0.05) is 73.1 Å². The number of fused-ring (bicyclic) bond motifs is 1. The van der Waals surface area contributed by atoms with Crippen LogP contribution < -0.4 is 21.3 Å². The molecule has 1 saturated heterocycles. The highest BCUT2D eigenvalue weighted by Crippen LogP contribution is 2.41. The molecule has 5 N–H and O–H groups in total. The fraction of sp³-hybridized carbons (Fsp3) is 0.725. The van der Waals surface area contributed by atoms with Gasteiger partial charge in [0, 0.05) is 30.3 Å². The van der Waals surface area contributed by atoms with Gasteiger partial charge in [0.05, 0.1) is 6.04 Å². The molecule has 0 spiro atoms. The van der Waals surface area contributed by atoms with Crippen molar-refractivity contribution in [3.63, 3.8) is 0 Å². The predicted molar refractivity (Wildman–Crippen MR) is 199 cm³/mol. The zero-order valence-corrected chi connectivity index (χ0v) is 32.2. The number of ketones is 2. The molecule has 6 atom stereocenters. The number of aromatic amines is 1. The molecular formula is C40H60N6O7. The molecule has 1 aliphatic heterocycles. The number of nitrogens with zero attached hydrogens (tertiary/aromatic N) is 1. The molecule has 4 aliphatic rings. The van der Waals surface area contributed by atoms with Crippen LogP contribution in [0.2, 0.25) is 0 Å². The van der Waals surface area contributed by atoms with Crippen LogP contribution >= 0.6 is 0 Å². The van der Waals surface area contributed by atoms with Gasteiger partial charge in [-0.15, -0.1) is 0 Å². The van der Waals surface area contributed by atoms with Crippen molar-refractivity contribution < 1.29 is 33.6 Å². The van der Waals surface area contributed by atoms with E-state index in [1.807, 2.05) is 27.7 Å². The van der Waals surface area contributed by atoms with Gasteiger partial charge >= 0.3 is 0 Å². The number of hydrogen-bond acceptors (Lipinski definition) is 7. The largest absolute Gasteiger partial charge is 0.356 e. The summed E-state index contributed by atoms with van der Waals surface area (Å²) >= 11 is 0. The van der Waals surface area contributed by atoms with Gasteiger partial charge in [0.15, 0.2) is 5.78 Å². The Morgan fingerprint density at radius 1 is 0.868 bits per heavy atom. The number of Topliss-reactive ketones (excluding diaryl/α,β-unsaturated/α-hetero) is 2. The summed E-state index contributed by atoms with van der Waals surface area (Å²) in [6.45, 7) is 9.23. The molecule has 13 heteroatoms. The van der Waals surface area contributed by atoms with Gasteiger partial charge in [-0.25, -0.2) is 0 Å². The lowest BCUT2D eigenvalue weighted by Crippen LogP contribution is -2.63. The lowest BCUT2D eigenvalue weighted by molar-refractivity contribution is -0.147. The van der Waals surface area contributed by atoms with Crippen LogP contribution in [0.25, 0.3) is 0 Å². The lowest BCUT2D eigenvalue weighted by atomic mass is 9.81. The molecule has 1 unspecified atom stereocenters. The van der Waals surface area contributed by atoms with Crippen molar-refractivity contribution in [3.8, 4) is 0 Å². The van der Waals surface area contributed by atoms with E-state index in [1.54, 1.807) is 11.8 Å². The Morgan fingerprint density at radius 3 is 2.19 bits per heavy atom. The highest BCUT2D eigenvalue weighted by atomic mass is 16.2. The normalized spacial score (nSPS) is 23.6. The Hall–Kier alpha value is -4.03. The summed E-state index contributed by atoms with van der Waals surface area (Å²) in [6, 6.07) is -2.51. The first kappa shape index (κ1) is 40.2. The van der Waals surface area contributed by atoms with E-state index in [9.17, 15) is 33.6 Å². The second-order valence-electron chi connectivity index (χ2n) is 16.8. The number of hydrogen-bond donors (Lipinski definition) is 5. The van der Waals surface area contributed by atoms with E-state index < -0.39 is 59.0 Å². The van der Waals surface area contributed by atoms with Crippen LogP contribution in [0.1, 0.15) is 152 Å². The first-order valence-corrected chi connectivity index (χ1v) is 20.0. The summed E-state index contributed by atoms with van der Waals surface area (Å²) in [6.07, 6.45) is 12.6. The zero-order chi connectivity index (χ0) is 38.4. The molecule has 4 fully saturated rings. The molecule has 0 radical (unpaired) electrons. The monoisotopic (exact) mass is 736 g/mol. The number of carbonyl (C=O) groups excluding carboxylic acids is 7. The van der Waals surface area contributed by atoms with E-state index in [1.165, 1.54) is 12.3 Å². The molecule has 3 saturated carbocycles. The predicted octanol–water partition coefficient (Wildman–Crippen LogP) is 4.11. The molecule has 5 amide bonds. The molecule has 2 heterocycles. The van der Waals surface area contributed by atoms with Crippen molar-refractivity contribution in [3.05, 3.63) is 23.5 Å². The maximum Gasteiger partial charge on any atom is 0.289 e. The summed E-state index contributed by atoms with van der Waals surface area (Å²) in [5, 5.41) is 11.6. The van der Waals surface area contributed by atoms with Gasteiger partial charge in [-0.2, -0.15) is 0 Å². The molecule has 1 aromatic heterocycles. The average Bonchev–Trinajstić information content (AvgIpc) is 3.65. The highest BCUT2D eigenvalue weighted by molar-refractivity contribution is 6.38. The van der Waals surface area contributed by atoms with Crippen LogP contribution in [-0.4, -0.2) is 87.2 Å². The van der Waals surface area contributed by atoms with Crippen molar-refractivity contribution in [1.29, 1.82) is 0 Å². The first-order chi connectivity index (χ1) is 25.2. The summed E-state index contributed by atoms with van der Waals surface area (Å²) in [4.78, 5) is 99.5. The molecule has 292 valence electrons. The molecule has 53 heavy (non-hydrogen) atoms. The molecule has 5 rings (SSSR count). The number of nitrogens with one attached hydrogen (secondary N) is 5.